The minimum atomic E-state index is -0.994. The van der Waals surface area contributed by atoms with Crippen LogP contribution in [0.2, 0.25) is 0 Å². The molecule has 1 aliphatic heterocycles. The van der Waals surface area contributed by atoms with Gasteiger partial charge in [-0.15, -0.1) is 0 Å². The van der Waals surface area contributed by atoms with Crippen LogP contribution in [0, 0.1) is 6.92 Å². The van der Waals surface area contributed by atoms with Gasteiger partial charge in [-0.1, -0.05) is 24.3 Å². The molecule has 8 nitrogen and oxygen atoms in total. The summed E-state index contributed by atoms with van der Waals surface area (Å²) in [7, 11) is 2.83. The molecular weight excluding hydrogens is 462 g/mol. The molecule has 0 aliphatic carbocycles. The van der Waals surface area contributed by atoms with Crippen molar-refractivity contribution in [3.05, 3.63) is 94.6 Å². The summed E-state index contributed by atoms with van der Waals surface area (Å²) in [5, 5.41) is 21.4. The largest absolute Gasteiger partial charge is 0.508 e. The number of carbonyl (C=O) groups is 3. The summed E-state index contributed by atoms with van der Waals surface area (Å²) in [6.45, 7) is 1.80. The second-order valence-corrected chi connectivity index (χ2v) is 8.37. The zero-order valence-corrected chi connectivity index (χ0v) is 20.0. The van der Waals surface area contributed by atoms with Crippen LogP contribution >= 0.6 is 0 Å². The van der Waals surface area contributed by atoms with Gasteiger partial charge < -0.3 is 19.7 Å². The van der Waals surface area contributed by atoms with E-state index in [9.17, 15) is 24.6 Å². The van der Waals surface area contributed by atoms with Gasteiger partial charge in [-0.3, -0.25) is 19.3 Å². The Kier molecular flexibility index (Phi) is 6.78. The van der Waals surface area contributed by atoms with Gasteiger partial charge in [0, 0.05) is 11.3 Å². The highest BCUT2D eigenvalue weighted by Gasteiger charge is 2.47. The Hall–Kier alpha value is -4.59. The van der Waals surface area contributed by atoms with Crippen molar-refractivity contribution in [3.63, 3.8) is 0 Å². The molecule has 8 heteroatoms. The smallest absolute Gasteiger partial charge is 0.309 e. The highest BCUT2D eigenvalue weighted by Crippen LogP contribution is 2.43. The number of carbonyl (C=O) groups excluding carboxylic acids is 3. The van der Waals surface area contributed by atoms with Gasteiger partial charge in [0.25, 0.3) is 11.7 Å². The molecule has 1 atom stereocenters. The molecule has 1 heterocycles. The van der Waals surface area contributed by atoms with Crippen molar-refractivity contribution in [1.82, 2.24) is 0 Å². The summed E-state index contributed by atoms with van der Waals surface area (Å²) >= 11 is 0. The molecule has 3 aromatic rings. The van der Waals surface area contributed by atoms with Crippen LogP contribution in [0.25, 0.3) is 5.76 Å². The minimum absolute atomic E-state index is 0.0493. The van der Waals surface area contributed by atoms with Crippen molar-refractivity contribution in [3.8, 4) is 11.5 Å². The number of methoxy groups -OCH3 is 2. The van der Waals surface area contributed by atoms with E-state index in [1.54, 1.807) is 61.5 Å². The fourth-order valence-electron chi connectivity index (χ4n) is 4.30. The summed E-state index contributed by atoms with van der Waals surface area (Å²) in [5.41, 5.74) is 2.50. The topological polar surface area (TPSA) is 113 Å². The number of rotatable bonds is 6. The maximum absolute atomic E-state index is 13.3. The lowest BCUT2D eigenvalue weighted by Gasteiger charge is -2.25. The number of ether oxygens (including phenoxy) is 2. The third-order valence-electron chi connectivity index (χ3n) is 6.09. The van der Waals surface area contributed by atoms with Crippen molar-refractivity contribution >= 4 is 29.1 Å². The van der Waals surface area contributed by atoms with Crippen molar-refractivity contribution in [1.29, 1.82) is 0 Å². The van der Waals surface area contributed by atoms with E-state index in [2.05, 4.69) is 0 Å². The number of anilines is 1. The number of aromatic hydroxyl groups is 1. The number of ketones is 1. The van der Waals surface area contributed by atoms with E-state index in [0.29, 0.717) is 28.1 Å². The van der Waals surface area contributed by atoms with Crippen molar-refractivity contribution in [2.24, 2.45) is 0 Å². The Morgan fingerprint density at radius 3 is 2.33 bits per heavy atom. The number of phenols is 1. The van der Waals surface area contributed by atoms with Gasteiger partial charge in [0.15, 0.2) is 0 Å². The molecule has 1 saturated heterocycles. The molecule has 0 radical (unpaired) electrons. The molecule has 0 saturated carbocycles. The van der Waals surface area contributed by atoms with Crippen molar-refractivity contribution in [2.75, 3.05) is 19.1 Å². The number of aryl methyl sites for hydroxylation is 1. The van der Waals surface area contributed by atoms with Gasteiger partial charge in [0.1, 0.15) is 17.3 Å². The number of esters is 1. The van der Waals surface area contributed by atoms with Crippen LogP contribution in [0.5, 0.6) is 11.5 Å². The molecule has 0 spiro atoms. The van der Waals surface area contributed by atoms with Crippen LogP contribution in [0.3, 0.4) is 0 Å². The van der Waals surface area contributed by atoms with Gasteiger partial charge >= 0.3 is 5.97 Å². The average molecular weight is 488 g/mol. The first-order valence-electron chi connectivity index (χ1n) is 11.2. The average Bonchev–Trinajstić information content (AvgIpc) is 3.14. The van der Waals surface area contributed by atoms with Crippen LogP contribution in [0.4, 0.5) is 5.69 Å². The Morgan fingerprint density at radius 2 is 1.72 bits per heavy atom. The quantitative estimate of drug-likeness (QED) is 0.233. The Morgan fingerprint density at radius 1 is 1.00 bits per heavy atom. The Labute approximate surface area is 208 Å². The lowest BCUT2D eigenvalue weighted by atomic mass is 9.94. The first-order chi connectivity index (χ1) is 17.2. The van der Waals surface area contributed by atoms with Gasteiger partial charge in [0.2, 0.25) is 0 Å². The normalized spacial score (nSPS) is 16.8. The molecule has 184 valence electrons. The molecule has 1 amide bonds. The highest BCUT2D eigenvalue weighted by atomic mass is 16.5. The number of aliphatic hydroxyl groups is 1. The number of Topliss-reactive ketones (excluding diaryl/α,β-unsaturated/α-hetero) is 1. The SMILES string of the molecule is COC(=O)Cc1ccc(N2C(=O)C(=O)/C(=C(\O)c3ccc(OC)c(C)c3)C2c2cccc(O)c2)cc1. The number of phenolic OH excluding ortho intramolecular Hbond substituents is 1. The first kappa shape index (κ1) is 24.5. The van der Waals surface area contributed by atoms with Crippen LogP contribution in [0.1, 0.15) is 28.3 Å². The zero-order valence-electron chi connectivity index (χ0n) is 20.0. The van der Waals surface area contributed by atoms with Crippen LogP contribution in [0.15, 0.2) is 72.3 Å². The van der Waals surface area contributed by atoms with E-state index in [0.717, 1.165) is 5.56 Å². The van der Waals surface area contributed by atoms with E-state index < -0.39 is 23.7 Å². The predicted molar refractivity (Wildman–Crippen MR) is 133 cm³/mol. The van der Waals surface area contributed by atoms with Gasteiger partial charge in [0.05, 0.1) is 32.3 Å². The van der Waals surface area contributed by atoms with E-state index in [4.69, 9.17) is 9.47 Å². The Bertz CT molecular complexity index is 1370. The lowest BCUT2D eigenvalue weighted by molar-refractivity contribution is -0.139. The molecule has 1 aliphatic rings. The second kappa shape index (κ2) is 9.95. The van der Waals surface area contributed by atoms with Crippen LogP contribution < -0.4 is 9.64 Å². The number of nitrogens with zero attached hydrogens (tertiary/aromatic N) is 1. The maximum atomic E-state index is 13.3. The molecule has 2 N–H and O–H groups in total. The summed E-state index contributed by atoms with van der Waals surface area (Å²) < 4.78 is 9.97. The second-order valence-electron chi connectivity index (χ2n) is 8.37. The van der Waals surface area contributed by atoms with Crippen LogP contribution in [-0.4, -0.2) is 42.1 Å². The predicted octanol–water partition coefficient (Wildman–Crippen LogP) is 4.05. The monoisotopic (exact) mass is 487 g/mol. The zero-order chi connectivity index (χ0) is 26.0. The number of aliphatic hydroxyl groups excluding tert-OH is 1. The Balaban J connectivity index is 1.86. The summed E-state index contributed by atoms with van der Waals surface area (Å²) in [6.07, 6.45) is 0.0579. The molecule has 1 unspecified atom stereocenters. The van der Waals surface area contributed by atoms with Crippen molar-refractivity contribution in [2.45, 2.75) is 19.4 Å². The van der Waals surface area contributed by atoms with Crippen LogP contribution in [-0.2, 0) is 25.5 Å². The molecule has 1 fully saturated rings. The van der Waals surface area contributed by atoms with E-state index in [1.807, 2.05) is 0 Å². The van der Waals surface area contributed by atoms with Gasteiger partial charge in [-0.2, -0.15) is 0 Å². The summed E-state index contributed by atoms with van der Waals surface area (Å²) in [5.74, 6) is -1.85. The molecular formula is C28H25NO7. The molecule has 3 aromatic carbocycles. The van der Waals surface area contributed by atoms with E-state index >= 15 is 0 Å². The molecule has 4 rings (SSSR count). The third kappa shape index (κ3) is 4.53. The number of benzene rings is 3. The fourth-order valence-corrected chi connectivity index (χ4v) is 4.30. The van der Waals surface area contributed by atoms with E-state index in [1.165, 1.54) is 31.3 Å². The molecule has 36 heavy (non-hydrogen) atoms. The van der Waals surface area contributed by atoms with Gasteiger partial charge in [-0.05, 0) is 66.1 Å². The summed E-state index contributed by atoms with van der Waals surface area (Å²) in [6, 6.07) is 16.7. The maximum Gasteiger partial charge on any atom is 0.309 e. The van der Waals surface area contributed by atoms with Crippen molar-refractivity contribution < 1.29 is 34.1 Å². The highest BCUT2D eigenvalue weighted by molar-refractivity contribution is 6.51. The first-order valence-corrected chi connectivity index (χ1v) is 11.2. The van der Waals surface area contributed by atoms with E-state index in [-0.39, 0.29) is 23.5 Å². The fraction of sp³-hybridized carbons (Fsp3) is 0.179. The minimum Gasteiger partial charge on any atom is -0.508 e. The number of amides is 1. The summed E-state index contributed by atoms with van der Waals surface area (Å²) in [4.78, 5) is 39.4. The van der Waals surface area contributed by atoms with Gasteiger partial charge in [-0.25, -0.2) is 0 Å². The molecule has 0 aromatic heterocycles. The lowest BCUT2D eigenvalue weighted by Crippen LogP contribution is -2.29. The standard InChI is InChI=1S/C28H25NO7/c1-16-13-19(9-12-22(16)35-2)26(32)24-25(18-5-4-6-21(30)15-18)29(28(34)27(24)33)20-10-7-17(8-11-20)14-23(31)36-3/h4-13,15,25,30,32H,14H2,1-3H3/b26-24-. The third-order valence-corrected chi connectivity index (χ3v) is 6.09. The number of hydrogen-bond donors (Lipinski definition) is 2. The molecule has 0 bridgehead atoms. The number of hydrogen-bond acceptors (Lipinski definition) is 7.